The van der Waals surface area contributed by atoms with Crippen molar-refractivity contribution in [3.63, 3.8) is 0 Å². The maximum atomic E-state index is 12.6. The van der Waals surface area contributed by atoms with Gasteiger partial charge in [0.2, 0.25) is 5.91 Å². The third kappa shape index (κ3) is 3.66. The van der Waals surface area contributed by atoms with Gasteiger partial charge in [0, 0.05) is 62.4 Å². The van der Waals surface area contributed by atoms with Crippen molar-refractivity contribution >= 4 is 17.7 Å². The van der Waals surface area contributed by atoms with Gasteiger partial charge in [-0.15, -0.1) is 0 Å². The lowest BCUT2D eigenvalue weighted by Crippen LogP contribution is -2.45. The summed E-state index contributed by atoms with van der Waals surface area (Å²) in [6.07, 6.45) is 7.76. The number of hydrogen-bond acceptors (Lipinski definition) is 4. The summed E-state index contributed by atoms with van der Waals surface area (Å²) >= 11 is 1.95. The molecule has 2 saturated heterocycles. The Kier molecular flexibility index (Phi) is 5.41. The lowest BCUT2D eigenvalue weighted by atomic mass is 10.0. The van der Waals surface area contributed by atoms with Gasteiger partial charge < -0.3 is 14.8 Å². The zero-order valence-electron chi connectivity index (χ0n) is 13.3. The van der Waals surface area contributed by atoms with Crippen molar-refractivity contribution in [3.8, 4) is 0 Å². The molecule has 2 atom stereocenters. The van der Waals surface area contributed by atoms with E-state index in [4.69, 9.17) is 0 Å². The van der Waals surface area contributed by atoms with Crippen LogP contribution < -0.4 is 5.32 Å². The number of nitrogens with one attached hydrogen (secondary N) is 1. The number of aromatic nitrogens is 2. The van der Waals surface area contributed by atoms with Gasteiger partial charge in [0.05, 0.1) is 6.04 Å². The average Bonchev–Trinajstić information content (AvgIpc) is 3.04. The van der Waals surface area contributed by atoms with Crippen LogP contribution in [0.5, 0.6) is 0 Å². The fourth-order valence-electron chi connectivity index (χ4n) is 3.45. The molecule has 0 spiro atoms. The Morgan fingerprint density at radius 2 is 2.45 bits per heavy atom. The van der Waals surface area contributed by atoms with Crippen molar-refractivity contribution in [2.75, 3.05) is 31.1 Å². The van der Waals surface area contributed by atoms with Gasteiger partial charge in [0.25, 0.3) is 0 Å². The van der Waals surface area contributed by atoms with E-state index in [9.17, 15) is 4.79 Å². The summed E-state index contributed by atoms with van der Waals surface area (Å²) in [4.78, 5) is 19.1. The summed E-state index contributed by atoms with van der Waals surface area (Å²) in [5.74, 6) is 3.66. The molecule has 3 heterocycles. The molecule has 2 unspecified atom stereocenters. The number of nitrogens with zero attached hydrogens (tertiary/aromatic N) is 3. The highest BCUT2D eigenvalue weighted by atomic mass is 32.2. The number of amides is 1. The minimum Gasteiger partial charge on any atom is -0.341 e. The van der Waals surface area contributed by atoms with Gasteiger partial charge in [-0.3, -0.25) is 4.79 Å². The van der Waals surface area contributed by atoms with Crippen LogP contribution in [0.2, 0.25) is 0 Å². The number of carbonyl (C=O) groups is 1. The van der Waals surface area contributed by atoms with Crippen molar-refractivity contribution < 1.29 is 4.79 Å². The summed E-state index contributed by atoms with van der Waals surface area (Å²) in [7, 11) is 0. The smallest absolute Gasteiger partial charge is 0.224 e. The molecule has 2 aliphatic heterocycles. The first kappa shape index (κ1) is 15.9. The first-order valence-corrected chi connectivity index (χ1v) is 9.54. The van der Waals surface area contributed by atoms with Gasteiger partial charge in [-0.2, -0.15) is 11.8 Å². The van der Waals surface area contributed by atoms with Crippen LogP contribution in [0, 0.1) is 0 Å². The molecule has 0 radical (unpaired) electrons. The molecule has 1 aromatic rings. The van der Waals surface area contributed by atoms with Crippen LogP contribution in [-0.4, -0.2) is 57.5 Å². The fourth-order valence-corrected chi connectivity index (χ4v) is 4.40. The number of imidazole rings is 1. The van der Waals surface area contributed by atoms with Gasteiger partial charge in [0.1, 0.15) is 5.82 Å². The average molecular weight is 322 g/mol. The molecule has 0 aliphatic carbocycles. The van der Waals surface area contributed by atoms with Crippen molar-refractivity contribution in [2.45, 2.75) is 44.7 Å². The number of likely N-dealkylation sites (tertiary alicyclic amines) is 1. The molecule has 2 fully saturated rings. The molecule has 0 saturated carbocycles. The van der Waals surface area contributed by atoms with E-state index in [0.717, 1.165) is 56.2 Å². The molecule has 122 valence electrons. The van der Waals surface area contributed by atoms with Crippen LogP contribution in [0.3, 0.4) is 0 Å². The molecule has 1 N–H and O–H groups in total. The molecular formula is C16H26N4OS. The summed E-state index contributed by atoms with van der Waals surface area (Å²) in [5.41, 5.74) is 0. The van der Waals surface area contributed by atoms with Gasteiger partial charge in [-0.05, 0) is 12.8 Å². The molecule has 3 rings (SSSR count). The van der Waals surface area contributed by atoms with Crippen LogP contribution in [0.4, 0.5) is 0 Å². The molecule has 22 heavy (non-hydrogen) atoms. The van der Waals surface area contributed by atoms with Crippen LogP contribution >= 0.6 is 11.8 Å². The van der Waals surface area contributed by atoms with Gasteiger partial charge in [-0.25, -0.2) is 4.98 Å². The minimum atomic E-state index is 0.308. The van der Waals surface area contributed by atoms with Crippen LogP contribution in [0.15, 0.2) is 12.4 Å². The predicted molar refractivity (Wildman–Crippen MR) is 90.2 cm³/mol. The molecule has 6 heteroatoms. The lowest BCUT2D eigenvalue weighted by Gasteiger charge is -2.35. The molecule has 0 bridgehead atoms. The van der Waals surface area contributed by atoms with Crippen LogP contribution in [-0.2, 0) is 11.2 Å². The Hall–Kier alpha value is -1.01. The van der Waals surface area contributed by atoms with E-state index in [1.807, 2.05) is 18.0 Å². The lowest BCUT2D eigenvalue weighted by molar-refractivity contribution is -0.133. The van der Waals surface area contributed by atoms with Crippen LogP contribution in [0.1, 0.15) is 38.1 Å². The second kappa shape index (κ2) is 7.51. The van der Waals surface area contributed by atoms with E-state index in [2.05, 4.69) is 32.9 Å². The summed E-state index contributed by atoms with van der Waals surface area (Å²) < 4.78 is 2.27. The van der Waals surface area contributed by atoms with E-state index in [0.29, 0.717) is 24.4 Å². The zero-order chi connectivity index (χ0) is 15.4. The third-order valence-electron chi connectivity index (χ3n) is 4.63. The highest BCUT2D eigenvalue weighted by Gasteiger charge is 2.27. The van der Waals surface area contributed by atoms with Gasteiger partial charge in [0.15, 0.2) is 0 Å². The van der Waals surface area contributed by atoms with E-state index < -0.39 is 0 Å². The minimum absolute atomic E-state index is 0.308. The summed E-state index contributed by atoms with van der Waals surface area (Å²) in [6, 6.07) is 0.745. The number of piperidine rings is 1. The second-order valence-corrected chi connectivity index (χ2v) is 7.32. The van der Waals surface area contributed by atoms with E-state index in [-0.39, 0.29) is 0 Å². The normalized spacial score (nSPS) is 26.1. The monoisotopic (exact) mass is 322 g/mol. The van der Waals surface area contributed by atoms with Gasteiger partial charge in [-0.1, -0.05) is 6.92 Å². The SMILES string of the molecule is CCc1nccn1C1CCCN(C(=O)CC2CSCCN2)C1. The molecule has 1 aromatic heterocycles. The highest BCUT2D eigenvalue weighted by molar-refractivity contribution is 7.99. The number of rotatable bonds is 4. The van der Waals surface area contributed by atoms with Crippen molar-refractivity contribution in [2.24, 2.45) is 0 Å². The quantitative estimate of drug-likeness (QED) is 0.917. The molecular weight excluding hydrogens is 296 g/mol. The molecule has 5 nitrogen and oxygen atoms in total. The highest BCUT2D eigenvalue weighted by Crippen LogP contribution is 2.24. The Balaban J connectivity index is 1.59. The second-order valence-electron chi connectivity index (χ2n) is 6.17. The Labute approximate surface area is 136 Å². The Morgan fingerprint density at radius 1 is 1.55 bits per heavy atom. The third-order valence-corrected chi connectivity index (χ3v) is 5.76. The van der Waals surface area contributed by atoms with Crippen LogP contribution in [0.25, 0.3) is 0 Å². The Bertz CT molecular complexity index is 498. The van der Waals surface area contributed by atoms with Crippen molar-refractivity contribution in [1.82, 2.24) is 19.8 Å². The number of aryl methyl sites for hydroxylation is 1. The summed E-state index contributed by atoms with van der Waals surface area (Å²) in [5, 5.41) is 3.46. The Morgan fingerprint density at radius 3 is 3.23 bits per heavy atom. The van der Waals surface area contributed by atoms with Crippen molar-refractivity contribution in [3.05, 3.63) is 18.2 Å². The largest absolute Gasteiger partial charge is 0.341 e. The molecule has 1 amide bonds. The predicted octanol–water partition coefficient (Wildman–Crippen LogP) is 1.70. The number of hydrogen-bond donors (Lipinski definition) is 1. The van der Waals surface area contributed by atoms with E-state index in [1.54, 1.807) is 0 Å². The number of thioether (sulfide) groups is 1. The first-order chi connectivity index (χ1) is 10.8. The van der Waals surface area contributed by atoms with Crippen molar-refractivity contribution in [1.29, 1.82) is 0 Å². The van der Waals surface area contributed by atoms with Gasteiger partial charge >= 0.3 is 0 Å². The zero-order valence-corrected chi connectivity index (χ0v) is 14.1. The topological polar surface area (TPSA) is 50.2 Å². The van der Waals surface area contributed by atoms with E-state index in [1.165, 1.54) is 0 Å². The summed E-state index contributed by atoms with van der Waals surface area (Å²) in [6.45, 7) is 4.91. The molecule has 0 aromatic carbocycles. The van der Waals surface area contributed by atoms with E-state index >= 15 is 0 Å². The number of carbonyl (C=O) groups excluding carboxylic acids is 1. The fraction of sp³-hybridized carbons (Fsp3) is 0.750. The maximum Gasteiger partial charge on any atom is 0.224 e. The first-order valence-electron chi connectivity index (χ1n) is 8.38. The standard InChI is InChI=1S/C16H26N4OS/c1-2-15-18-5-8-20(15)14-4-3-7-19(11-14)16(21)10-13-12-22-9-6-17-13/h5,8,13-14,17H,2-4,6-7,9-12H2,1H3. The molecule has 2 aliphatic rings. The maximum absolute atomic E-state index is 12.6.